The Hall–Kier alpha value is -0.810. The molecule has 0 fully saturated rings. The molecule has 0 aromatic heterocycles. The van der Waals surface area contributed by atoms with Gasteiger partial charge in [0.15, 0.2) is 0 Å². The van der Waals surface area contributed by atoms with Crippen molar-refractivity contribution in [1.82, 2.24) is 4.90 Å². The molecule has 5 heteroatoms. The van der Waals surface area contributed by atoms with Crippen molar-refractivity contribution in [1.29, 1.82) is 0 Å². The van der Waals surface area contributed by atoms with E-state index in [4.69, 9.17) is 21.4 Å². The van der Waals surface area contributed by atoms with Crippen molar-refractivity contribution in [2.24, 2.45) is 0 Å². The summed E-state index contributed by atoms with van der Waals surface area (Å²) in [5.74, 6) is 0.716. The highest BCUT2D eigenvalue weighted by molar-refractivity contribution is 6.32. The fourth-order valence-electron chi connectivity index (χ4n) is 2.87. The molecular formula is C15H22ClNO3. The van der Waals surface area contributed by atoms with E-state index in [1.165, 1.54) is 0 Å². The van der Waals surface area contributed by atoms with E-state index in [9.17, 15) is 5.11 Å². The van der Waals surface area contributed by atoms with Crippen LogP contribution >= 0.6 is 11.6 Å². The average Bonchev–Trinajstić information content (AvgIpc) is 2.43. The molecular weight excluding hydrogens is 278 g/mol. The molecule has 0 spiro atoms. The number of ether oxygens (including phenoxy) is 1. The number of hydrogen-bond donors (Lipinski definition) is 2. The van der Waals surface area contributed by atoms with Crippen molar-refractivity contribution < 1.29 is 14.9 Å². The summed E-state index contributed by atoms with van der Waals surface area (Å²) in [4.78, 5) is 2.03. The molecule has 0 radical (unpaired) electrons. The third kappa shape index (κ3) is 2.66. The Balaban J connectivity index is 2.38. The summed E-state index contributed by atoms with van der Waals surface area (Å²) in [6.45, 7) is 7.61. The fraction of sp³-hybridized carbons (Fsp3) is 0.600. The van der Waals surface area contributed by atoms with Crippen molar-refractivity contribution in [2.45, 2.75) is 32.9 Å². The quantitative estimate of drug-likeness (QED) is 0.894. The lowest BCUT2D eigenvalue weighted by Gasteiger charge is -2.38. The van der Waals surface area contributed by atoms with E-state index in [0.29, 0.717) is 23.9 Å². The first kappa shape index (κ1) is 15.6. The molecule has 0 amide bonds. The molecule has 1 aromatic carbocycles. The van der Waals surface area contributed by atoms with Gasteiger partial charge in [-0.1, -0.05) is 18.5 Å². The Morgan fingerprint density at radius 1 is 1.45 bits per heavy atom. The maximum absolute atomic E-state index is 10.7. The number of hydrogen-bond acceptors (Lipinski definition) is 4. The van der Waals surface area contributed by atoms with E-state index in [-0.39, 0.29) is 12.6 Å². The highest BCUT2D eigenvalue weighted by Gasteiger charge is 2.35. The number of halogens is 1. The average molecular weight is 300 g/mol. The minimum atomic E-state index is -0.650. The van der Waals surface area contributed by atoms with Crippen LogP contribution in [0.5, 0.6) is 5.75 Å². The van der Waals surface area contributed by atoms with Gasteiger partial charge in [-0.25, -0.2) is 0 Å². The van der Waals surface area contributed by atoms with Crippen LogP contribution in [0.1, 0.15) is 29.7 Å². The number of likely N-dealkylation sites (N-methyl/N-ethyl adjacent to an activating group) is 1. The monoisotopic (exact) mass is 299 g/mol. The predicted octanol–water partition coefficient (Wildman–Crippen LogP) is 2.07. The van der Waals surface area contributed by atoms with Crippen LogP contribution in [-0.4, -0.2) is 47.5 Å². The van der Waals surface area contributed by atoms with Crippen LogP contribution < -0.4 is 4.74 Å². The number of rotatable bonds is 4. The number of aryl methyl sites for hydroxylation is 1. The van der Waals surface area contributed by atoms with Gasteiger partial charge < -0.3 is 14.9 Å². The van der Waals surface area contributed by atoms with Crippen LogP contribution in [0.2, 0.25) is 5.02 Å². The highest BCUT2D eigenvalue weighted by atomic mass is 35.5. The third-order valence-corrected chi connectivity index (χ3v) is 4.61. The Labute approximate surface area is 124 Å². The summed E-state index contributed by atoms with van der Waals surface area (Å²) < 4.78 is 5.81. The van der Waals surface area contributed by atoms with E-state index >= 15 is 0 Å². The standard InChI is InChI=1S/C15H22ClNO3/c1-4-17(5-6-18)11-8-20-12-7-9(2)14(16)10(3)13(12)15(11)19/h7,11,15,18-19H,4-6,8H2,1-3H3. The molecule has 0 saturated heterocycles. The molecule has 2 unspecified atom stereocenters. The second kappa shape index (κ2) is 6.31. The summed E-state index contributed by atoms with van der Waals surface area (Å²) in [6.07, 6.45) is -0.650. The van der Waals surface area contributed by atoms with Gasteiger partial charge in [-0.05, 0) is 37.6 Å². The summed E-state index contributed by atoms with van der Waals surface area (Å²) >= 11 is 6.28. The first-order valence-corrected chi connectivity index (χ1v) is 7.34. The first-order chi connectivity index (χ1) is 9.51. The van der Waals surface area contributed by atoms with Crippen LogP contribution in [-0.2, 0) is 0 Å². The number of aliphatic hydroxyl groups excluding tert-OH is 2. The molecule has 1 aliphatic heterocycles. The van der Waals surface area contributed by atoms with E-state index in [2.05, 4.69) is 0 Å². The first-order valence-electron chi connectivity index (χ1n) is 6.96. The van der Waals surface area contributed by atoms with Crippen molar-refractivity contribution in [3.63, 3.8) is 0 Å². The van der Waals surface area contributed by atoms with Gasteiger partial charge in [-0.3, -0.25) is 4.90 Å². The lowest BCUT2D eigenvalue weighted by molar-refractivity contribution is -0.000762. The highest BCUT2D eigenvalue weighted by Crippen LogP contribution is 2.40. The van der Waals surface area contributed by atoms with Crippen LogP contribution in [0.3, 0.4) is 0 Å². The van der Waals surface area contributed by atoms with Crippen LogP contribution in [0, 0.1) is 13.8 Å². The van der Waals surface area contributed by atoms with Gasteiger partial charge in [0.25, 0.3) is 0 Å². The van der Waals surface area contributed by atoms with E-state index in [1.54, 1.807) is 0 Å². The number of nitrogens with zero attached hydrogens (tertiary/aromatic N) is 1. The number of fused-ring (bicyclic) bond motifs is 1. The second-order valence-electron chi connectivity index (χ2n) is 5.22. The topological polar surface area (TPSA) is 52.9 Å². The van der Waals surface area contributed by atoms with Crippen LogP contribution in [0.25, 0.3) is 0 Å². The van der Waals surface area contributed by atoms with Gasteiger partial charge in [-0.2, -0.15) is 0 Å². The van der Waals surface area contributed by atoms with Gasteiger partial charge in [0, 0.05) is 17.1 Å². The van der Waals surface area contributed by atoms with Crippen molar-refractivity contribution in [3.05, 3.63) is 27.8 Å². The Morgan fingerprint density at radius 3 is 2.75 bits per heavy atom. The maximum Gasteiger partial charge on any atom is 0.125 e. The molecule has 1 aliphatic rings. The SMILES string of the molecule is CCN(CCO)C1COc2cc(C)c(Cl)c(C)c2C1O. The molecule has 0 saturated carbocycles. The minimum Gasteiger partial charge on any atom is -0.491 e. The molecule has 4 nitrogen and oxygen atoms in total. The smallest absolute Gasteiger partial charge is 0.125 e. The van der Waals surface area contributed by atoms with E-state index in [1.807, 2.05) is 31.7 Å². The third-order valence-electron chi connectivity index (χ3n) is 4.02. The van der Waals surface area contributed by atoms with Crippen molar-refractivity contribution >= 4 is 11.6 Å². The van der Waals surface area contributed by atoms with Gasteiger partial charge in [0.05, 0.1) is 12.6 Å². The molecule has 20 heavy (non-hydrogen) atoms. The zero-order valence-electron chi connectivity index (χ0n) is 12.2. The maximum atomic E-state index is 10.7. The summed E-state index contributed by atoms with van der Waals surface area (Å²) in [5, 5.41) is 20.5. The number of aliphatic hydroxyl groups is 2. The predicted molar refractivity (Wildman–Crippen MR) is 79.5 cm³/mol. The molecule has 2 rings (SSSR count). The summed E-state index contributed by atoms with van der Waals surface area (Å²) in [5.41, 5.74) is 2.60. The van der Waals surface area contributed by atoms with E-state index < -0.39 is 6.10 Å². The van der Waals surface area contributed by atoms with Gasteiger partial charge in [0.1, 0.15) is 18.5 Å². The Bertz CT molecular complexity index is 492. The normalized spacial score (nSPS) is 21.8. The second-order valence-corrected chi connectivity index (χ2v) is 5.60. The molecule has 2 atom stereocenters. The molecule has 112 valence electrons. The van der Waals surface area contributed by atoms with E-state index in [0.717, 1.165) is 23.2 Å². The van der Waals surface area contributed by atoms with Gasteiger partial charge in [-0.15, -0.1) is 0 Å². The summed E-state index contributed by atoms with van der Waals surface area (Å²) in [6, 6.07) is 1.73. The molecule has 1 aromatic rings. The van der Waals surface area contributed by atoms with Crippen LogP contribution in [0.15, 0.2) is 6.07 Å². The number of benzene rings is 1. The van der Waals surface area contributed by atoms with Crippen molar-refractivity contribution in [3.8, 4) is 5.75 Å². The summed E-state index contributed by atoms with van der Waals surface area (Å²) in [7, 11) is 0. The van der Waals surface area contributed by atoms with Crippen molar-refractivity contribution in [2.75, 3.05) is 26.3 Å². The van der Waals surface area contributed by atoms with Gasteiger partial charge in [0.2, 0.25) is 0 Å². The zero-order chi connectivity index (χ0) is 14.9. The molecule has 2 N–H and O–H groups in total. The molecule has 0 aliphatic carbocycles. The zero-order valence-corrected chi connectivity index (χ0v) is 12.9. The minimum absolute atomic E-state index is 0.0670. The van der Waals surface area contributed by atoms with Crippen LogP contribution in [0.4, 0.5) is 0 Å². The largest absolute Gasteiger partial charge is 0.491 e. The Morgan fingerprint density at radius 2 is 2.15 bits per heavy atom. The molecule has 1 heterocycles. The lowest BCUT2D eigenvalue weighted by Crippen LogP contribution is -2.47. The molecule has 0 bridgehead atoms. The Kier molecular flexibility index (Phi) is 4.91. The lowest BCUT2D eigenvalue weighted by atomic mass is 9.92. The fourth-order valence-corrected chi connectivity index (χ4v) is 3.03. The van der Waals surface area contributed by atoms with Gasteiger partial charge >= 0.3 is 0 Å².